The maximum atomic E-state index is 14.1. The number of carbonyl (C=O) groups excluding carboxylic acids is 1. The van der Waals surface area contributed by atoms with Crippen LogP contribution in [-0.2, 0) is 31.4 Å². The van der Waals surface area contributed by atoms with E-state index in [1.165, 1.54) is 0 Å². The Morgan fingerprint density at radius 1 is 1.29 bits per heavy atom. The largest absolute Gasteiger partial charge is 0.348 e. The van der Waals surface area contributed by atoms with Crippen molar-refractivity contribution in [2.24, 2.45) is 13.0 Å². The number of benzene rings is 1. The van der Waals surface area contributed by atoms with E-state index in [0.717, 1.165) is 35.5 Å². The Bertz CT molecular complexity index is 1310. The Labute approximate surface area is 211 Å². The van der Waals surface area contributed by atoms with Crippen LogP contribution in [0, 0.1) is 12.8 Å². The molecule has 184 valence electrons. The Morgan fingerprint density at radius 2 is 2.17 bits per heavy atom. The predicted molar refractivity (Wildman–Crippen MR) is 136 cm³/mol. The Morgan fingerprint density at radius 3 is 2.97 bits per heavy atom. The number of nitrogens with zero attached hydrogens (tertiary/aromatic N) is 6. The fourth-order valence-corrected chi connectivity index (χ4v) is 5.33. The fourth-order valence-electron chi connectivity index (χ4n) is 5.33. The summed E-state index contributed by atoms with van der Waals surface area (Å²) in [4.78, 5) is 27.5. The van der Waals surface area contributed by atoms with Crippen LogP contribution in [0.2, 0.25) is 0 Å². The molecule has 1 fully saturated rings. The zero-order valence-electron chi connectivity index (χ0n) is 23.6. The molecule has 2 aromatic heterocycles. The van der Waals surface area contributed by atoms with Gasteiger partial charge in [-0.3, -0.25) is 9.48 Å². The van der Waals surface area contributed by atoms with Crippen LogP contribution in [0.15, 0.2) is 42.7 Å². The minimum absolute atomic E-state index is 0.0277. The van der Waals surface area contributed by atoms with E-state index in [-0.39, 0.29) is 23.8 Å². The van der Waals surface area contributed by atoms with Crippen molar-refractivity contribution in [2.45, 2.75) is 51.7 Å². The molecule has 8 nitrogen and oxygen atoms in total. The van der Waals surface area contributed by atoms with E-state index in [1.54, 1.807) is 22.9 Å². The first-order valence-electron chi connectivity index (χ1n) is 13.7. The lowest BCUT2D eigenvalue weighted by Gasteiger charge is -2.42. The van der Waals surface area contributed by atoms with Gasteiger partial charge in [-0.1, -0.05) is 29.8 Å². The summed E-state index contributed by atoms with van der Waals surface area (Å²) in [5.74, 6) is 0.348. The van der Waals surface area contributed by atoms with Crippen LogP contribution < -0.4 is 5.32 Å². The van der Waals surface area contributed by atoms with Gasteiger partial charge in [0.2, 0.25) is 11.9 Å². The lowest BCUT2D eigenvalue weighted by molar-refractivity contribution is -0.141. The molecule has 0 radical (unpaired) electrons. The van der Waals surface area contributed by atoms with Crippen molar-refractivity contribution in [1.29, 1.82) is 0 Å². The highest BCUT2D eigenvalue weighted by atomic mass is 16.2. The van der Waals surface area contributed by atoms with Gasteiger partial charge in [-0.25, -0.2) is 9.97 Å². The van der Waals surface area contributed by atoms with Crippen molar-refractivity contribution in [3.8, 4) is 0 Å². The first-order valence-corrected chi connectivity index (χ1v) is 12.2. The zero-order valence-corrected chi connectivity index (χ0v) is 20.6. The van der Waals surface area contributed by atoms with Crippen LogP contribution in [0.4, 0.5) is 5.95 Å². The van der Waals surface area contributed by atoms with Crippen LogP contribution in [0.25, 0.3) is 0 Å². The second-order valence-electron chi connectivity index (χ2n) is 9.91. The van der Waals surface area contributed by atoms with Crippen LogP contribution in [0.3, 0.4) is 0 Å². The molecular weight excluding hydrogens is 438 g/mol. The maximum Gasteiger partial charge on any atom is 0.227 e. The number of anilines is 1. The van der Waals surface area contributed by atoms with Crippen molar-refractivity contribution < 1.29 is 8.91 Å². The molecule has 0 unspecified atom stereocenters. The van der Waals surface area contributed by atoms with Crippen molar-refractivity contribution in [1.82, 2.24) is 29.5 Å². The maximum absolute atomic E-state index is 14.1. The highest BCUT2D eigenvalue weighted by molar-refractivity contribution is 5.81. The van der Waals surface area contributed by atoms with Gasteiger partial charge in [0.05, 0.1) is 24.5 Å². The van der Waals surface area contributed by atoms with Gasteiger partial charge in [0.25, 0.3) is 0 Å². The smallest absolute Gasteiger partial charge is 0.227 e. The van der Waals surface area contributed by atoms with E-state index >= 15 is 0 Å². The molecule has 1 amide bonds. The molecule has 0 saturated carbocycles. The first kappa shape index (κ1) is 20.0. The van der Waals surface area contributed by atoms with Gasteiger partial charge in [0.1, 0.15) is 0 Å². The summed E-state index contributed by atoms with van der Waals surface area (Å²) >= 11 is 0. The van der Waals surface area contributed by atoms with Gasteiger partial charge >= 0.3 is 0 Å². The molecule has 1 saturated heterocycles. The second-order valence-corrected chi connectivity index (χ2v) is 9.91. The van der Waals surface area contributed by atoms with Gasteiger partial charge in [-0.05, 0) is 57.4 Å². The van der Waals surface area contributed by atoms with Gasteiger partial charge in [0.15, 0.2) is 0 Å². The standard InChI is InChI=1S/C27H35N7O/c1-18-6-5-7-20(12-18)24-16-32(3)10-9-23(24)26(35)34-17-25-21(13-19(34)2)14-28-27(30-25)29-15-22-8-11-33(4)31-22/h5-8,11-12,14,19,23-24H,9-10,13,15-17H2,1-4H3,(H,28,29,30)/t19-,23-,24+/m1/s1/i1D3. The molecule has 4 heterocycles. The molecule has 2 aliphatic rings. The highest BCUT2D eigenvalue weighted by Gasteiger charge is 2.39. The lowest BCUT2D eigenvalue weighted by Crippen LogP contribution is -2.50. The normalized spacial score (nSPS) is 24.3. The molecule has 2 aliphatic heterocycles. The van der Waals surface area contributed by atoms with Gasteiger partial charge in [0, 0.05) is 48.0 Å². The van der Waals surface area contributed by atoms with E-state index in [9.17, 15) is 4.79 Å². The summed E-state index contributed by atoms with van der Waals surface area (Å²) in [5.41, 5.74) is 4.06. The summed E-state index contributed by atoms with van der Waals surface area (Å²) in [7, 11) is 3.93. The van der Waals surface area contributed by atoms with Gasteiger partial charge in [-0.15, -0.1) is 0 Å². The monoisotopic (exact) mass is 476 g/mol. The Kier molecular flexibility index (Phi) is 5.58. The molecule has 35 heavy (non-hydrogen) atoms. The van der Waals surface area contributed by atoms with Crippen molar-refractivity contribution in [2.75, 3.05) is 25.5 Å². The van der Waals surface area contributed by atoms with Gasteiger partial charge in [-0.2, -0.15) is 5.10 Å². The number of fused-ring (bicyclic) bond motifs is 1. The molecule has 0 bridgehead atoms. The third-order valence-corrected chi connectivity index (χ3v) is 7.25. The van der Waals surface area contributed by atoms with E-state index < -0.39 is 6.85 Å². The number of hydrogen-bond donors (Lipinski definition) is 1. The molecule has 1 aromatic carbocycles. The van der Waals surface area contributed by atoms with Crippen molar-refractivity contribution in [3.05, 3.63) is 70.8 Å². The van der Waals surface area contributed by atoms with Gasteiger partial charge < -0.3 is 15.1 Å². The summed E-state index contributed by atoms with van der Waals surface area (Å²) in [6.07, 6.45) is 5.19. The Hall–Kier alpha value is -3.26. The minimum atomic E-state index is -2.18. The number of amides is 1. The number of aryl methyl sites for hydroxylation is 2. The van der Waals surface area contributed by atoms with E-state index in [1.807, 2.05) is 36.5 Å². The SMILES string of the molecule is [2H]C([2H])([2H])c1cccc([C@@H]2CN(C)CC[C@H]2C(=O)N2Cc3nc(NCc4ccn(C)n4)ncc3C[C@H]2C)c1. The van der Waals surface area contributed by atoms with Crippen LogP contribution in [0.5, 0.6) is 0 Å². The highest BCUT2D eigenvalue weighted by Crippen LogP contribution is 2.35. The molecule has 1 N–H and O–H groups in total. The number of likely N-dealkylation sites (tertiary alicyclic amines) is 1. The van der Waals surface area contributed by atoms with Crippen LogP contribution in [-0.4, -0.2) is 61.6 Å². The van der Waals surface area contributed by atoms with E-state index in [4.69, 9.17) is 9.10 Å². The molecular formula is C27H35N7O. The Balaban J connectivity index is 1.35. The van der Waals surface area contributed by atoms with E-state index in [2.05, 4.69) is 34.3 Å². The number of hydrogen-bond acceptors (Lipinski definition) is 6. The molecule has 3 aromatic rings. The summed E-state index contributed by atoms with van der Waals surface area (Å²) in [5, 5.41) is 7.62. The molecule has 3 atom stereocenters. The molecule has 8 heteroatoms. The number of likely N-dealkylation sites (N-methyl/N-ethyl adjacent to an activating group) is 1. The molecule has 0 spiro atoms. The third kappa shape index (κ3) is 5.07. The molecule has 0 aliphatic carbocycles. The predicted octanol–water partition coefficient (Wildman–Crippen LogP) is 3.14. The number of carbonyl (C=O) groups is 1. The summed E-state index contributed by atoms with van der Waals surface area (Å²) < 4.78 is 25.3. The number of aromatic nitrogens is 4. The van der Waals surface area contributed by atoms with Crippen molar-refractivity contribution in [3.63, 3.8) is 0 Å². The quantitative estimate of drug-likeness (QED) is 0.610. The average molecular weight is 477 g/mol. The van der Waals surface area contributed by atoms with Crippen LogP contribution in [0.1, 0.15) is 51.5 Å². The lowest BCUT2D eigenvalue weighted by atomic mass is 9.79. The van der Waals surface area contributed by atoms with Crippen LogP contribution >= 0.6 is 0 Å². The summed E-state index contributed by atoms with van der Waals surface area (Å²) in [6, 6.07) is 9.13. The number of nitrogens with one attached hydrogen (secondary N) is 1. The second kappa shape index (κ2) is 9.77. The first-order chi connectivity index (χ1) is 18.1. The number of piperidine rings is 1. The topological polar surface area (TPSA) is 79.2 Å². The molecule has 5 rings (SSSR count). The average Bonchev–Trinajstić information content (AvgIpc) is 3.31. The third-order valence-electron chi connectivity index (χ3n) is 7.25. The van der Waals surface area contributed by atoms with E-state index in [0.29, 0.717) is 37.6 Å². The number of rotatable bonds is 5. The zero-order chi connectivity index (χ0) is 27.0. The van der Waals surface area contributed by atoms with Crippen molar-refractivity contribution >= 4 is 11.9 Å². The fraction of sp³-hybridized carbons (Fsp3) is 0.481. The summed E-state index contributed by atoms with van der Waals surface area (Å²) in [6.45, 7) is 2.39. The minimum Gasteiger partial charge on any atom is -0.348 e.